The first-order chi connectivity index (χ1) is 12.0. The molecule has 2 aromatic carbocycles. The number of nitrogens with one attached hydrogen (secondary N) is 1. The molecular formula is C20H22FN3O. The summed E-state index contributed by atoms with van der Waals surface area (Å²) in [7, 11) is 0. The van der Waals surface area contributed by atoms with Crippen molar-refractivity contribution in [3.63, 3.8) is 0 Å². The maximum atomic E-state index is 13.0. The molecule has 0 aliphatic carbocycles. The molecule has 0 bridgehead atoms. The third-order valence-electron chi connectivity index (χ3n) is 4.18. The number of para-hydroxylation sites is 2. The summed E-state index contributed by atoms with van der Waals surface area (Å²) in [4.78, 5) is 16.9. The van der Waals surface area contributed by atoms with Crippen LogP contribution in [-0.4, -0.2) is 15.5 Å². The molecule has 1 N–H and O–H groups in total. The number of fused-ring (bicyclic) bond motifs is 1. The van der Waals surface area contributed by atoms with Crippen LogP contribution >= 0.6 is 0 Å². The predicted octanol–water partition coefficient (Wildman–Crippen LogP) is 4.15. The van der Waals surface area contributed by atoms with E-state index in [0.717, 1.165) is 29.8 Å². The average molecular weight is 339 g/mol. The van der Waals surface area contributed by atoms with Gasteiger partial charge in [0.05, 0.1) is 17.6 Å². The highest BCUT2D eigenvalue weighted by Gasteiger charge is 2.12. The number of carbonyl (C=O) groups excluding carboxylic acids is 1. The summed E-state index contributed by atoms with van der Waals surface area (Å²) >= 11 is 0. The summed E-state index contributed by atoms with van der Waals surface area (Å²) in [6, 6.07) is 13.5. The lowest BCUT2D eigenvalue weighted by Gasteiger charge is -2.12. The lowest BCUT2D eigenvalue weighted by Crippen LogP contribution is -2.25. The van der Waals surface area contributed by atoms with Crippen LogP contribution in [0.4, 0.5) is 4.39 Å². The second kappa shape index (κ2) is 7.47. The molecule has 0 fully saturated rings. The number of nitrogens with zero attached hydrogens (tertiary/aromatic N) is 2. The molecule has 1 heterocycles. The molecule has 5 heteroatoms. The van der Waals surface area contributed by atoms with Gasteiger partial charge in [-0.05, 0) is 48.7 Å². The maximum Gasteiger partial charge on any atom is 0.251 e. The van der Waals surface area contributed by atoms with Crippen LogP contribution < -0.4 is 5.32 Å². The molecule has 0 unspecified atom stereocenters. The molecule has 0 aliphatic rings. The summed E-state index contributed by atoms with van der Waals surface area (Å²) in [5.41, 5.74) is 2.44. The zero-order valence-electron chi connectivity index (χ0n) is 14.5. The van der Waals surface area contributed by atoms with Crippen molar-refractivity contribution in [1.82, 2.24) is 14.9 Å². The van der Waals surface area contributed by atoms with E-state index in [-0.39, 0.29) is 11.7 Å². The first-order valence-electron chi connectivity index (χ1n) is 8.52. The predicted molar refractivity (Wildman–Crippen MR) is 96.8 cm³/mol. The Bertz CT molecular complexity index is 868. The van der Waals surface area contributed by atoms with Gasteiger partial charge in [-0.1, -0.05) is 26.0 Å². The van der Waals surface area contributed by atoms with E-state index < -0.39 is 0 Å². The first kappa shape index (κ1) is 17.1. The SMILES string of the molecule is CC(C)CCn1c(CNC(=O)c2ccc(F)cc2)nc2ccccc21. The van der Waals surface area contributed by atoms with Gasteiger partial charge in [-0.15, -0.1) is 0 Å². The van der Waals surface area contributed by atoms with E-state index in [1.807, 2.05) is 24.3 Å². The Labute approximate surface area is 146 Å². The molecule has 25 heavy (non-hydrogen) atoms. The number of rotatable bonds is 6. The fourth-order valence-electron chi connectivity index (χ4n) is 2.76. The number of carbonyl (C=O) groups is 1. The highest BCUT2D eigenvalue weighted by atomic mass is 19.1. The number of halogens is 1. The highest BCUT2D eigenvalue weighted by Crippen LogP contribution is 2.18. The van der Waals surface area contributed by atoms with Gasteiger partial charge in [-0.3, -0.25) is 4.79 Å². The second-order valence-corrected chi connectivity index (χ2v) is 6.54. The normalized spacial score (nSPS) is 11.2. The van der Waals surface area contributed by atoms with Crippen molar-refractivity contribution < 1.29 is 9.18 Å². The van der Waals surface area contributed by atoms with Gasteiger partial charge in [-0.25, -0.2) is 9.37 Å². The van der Waals surface area contributed by atoms with Gasteiger partial charge in [-0.2, -0.15) is 0 Å². The van der Waals surface area contributed by atoms with Crippen LogP contribution in [0.1, 0.15) is 36.5 Å². The standard InChI is InChI=1S/C20H22FN3O/c1-14(2)11-12-24-18-6-4-3-5-17(18)23-19(24)13-22-20(25)15-7-9-16(21)10-8-15/h3-10,14H,11-13H2,1-2H3,(H,22,25). The van der Waals surface area contributed by atoms with Gasteiger partial charge < -0.3 is 9.88 Å². The van der Waals surface area contributed by atoms with E-state index in [0.29, 0.717) is 18.0 Å². The van der Waals surface area contributed by atoms with Crippen molar-refractivity contribution in [1.29, 1.82) is 0 Å². The van der Waals surface area contributed by atoms with Crippen LogP contribution in [0.5, 0.6) is 0 Å². The number of benzene rings is 2. The van der Waals surface area contributed by atoms with Crippen LogP contribution in [0, 0.1) is 11.7 Å². The number of amides is 1. The molecule has 0 saturated heterocycles. The van der Waals surface area contributed by atoms with E-state index in [1.165, 1.54) is 24.3 Å². The summed E-state index contributed by atoms with van der Waals surface area (Å²) < 4.78 is 15.1. The molecule has 0 saturated carbocycles. The van der Waals surface area contributed by atoms with E-state index in [2.05, 4.69) is 28.7 Å². The van der Waals surface area contributed by atoms with E-state index in [9.17, 15) is 9.18 Å². The van der Waals surface area contributed by atoms with Gasteiger partial charge in [0.25, 0.3) is 5.91 Å². The third-order valence-corrected chi connectivity index (χ3v) is 4.18. The third kappa shape index (κ3) is 4.05. The van der Waals surface area contributed by atoms with E-state index >= 15 is 0 Å². The minimum Gasteiger partial charge on any atom is -0.345 e. The maximum absolute atomic E-state index is 13.0. The van der Waals surface area contributed by atoms with Crippen LogP contribution in [-0.2, 0) is 13.1 Å². The quantitative estimate of drug-likeness (QED) is 0.733. The molecule has 3 rings (SSSR count). The summed E-state index contributed by atoms with van der Waals surface area (Å²) in [6.07, 6.45) is 1.04. The number of hydrogen-bond donors (Lipinski definition) is 1. The summed E-state index contributed by atoms with van der Waals surface area (Å²) in [5, 5.41) is 2.88. The smallest absolute Gasteiger partial charge is 0.251 e. The Morgan fingerprint density at radius 2 is 1.88 bits per heavy atom. The Kier molecular flexibility index (Phi) is 5.12. The largest absolute Gasteiger partial charge is 0.345 e. The van der Waals surface area contributed by atoms with Crippen LogP contribution in [0.2, 0.25) is 0 Å². The molecule has 130 valence electrons. The lowest BCUT2D eigenvalue weighted by atomic mass is 10.1. The summed E-state index contributed by atoms with van der Waals surface area (Å²) in [5.74, 6) is 0.828. The van der Waals surface area contributed by atoms with Crippen molar-refractivity contribution in [2.24, 2.45) is 5.92 Å². The molecule has 3 aromatic rings. The minimum absolute atomic E-state index is 0.234. The molecule has 1 aromatic heterocycles. The minimum atomic E-state index is -0.355. The zero-order valence-corrected chi connectivity index (χ0v) is 14.5. The molecule has 0 radical (unpaired) electrons. The molecule has 0 atom stereocenters. The Morgan fingerprint density at radius 3 is 2.60 bits per heavy atom. The van der Waals surface area contributed by atoms with Crippen LogP contribution in [0.3, 0.4) is 0 Å². The number of aryl methyl sites for hydroxylation is 1. The summed E-state index contributed by atoms with van der Waals surface area (Å²) in [6.45, 7) is 5.58. The van der Waals surface area contributed by atoms with Crippen molar-refractivity contribution in [3.8, 4) is 0 Å². The topological polar surface area (TPSA) is 46.9 Å². The van der Waals surface area contributed by atoms with E-state index in [1.54, 1.807) is 0 Å². The van der Waals surface area contributed by atoms with Crippen molar-refractivity contribution in [2.75, 3.05) is 0 Å². The van der Waals surface area contributed by atoms with Gasteiger partial charge in [0.1, 0.15) is 11.6 Å². The molecule has 4 nitrogen and oxygen atoms in total. The van der Waals surface area contributed by atoms with Gasteiger partial charge >= 0.3 is 0 Å². The van der Waals surface area contributed by atoms with Crippen LogP contribution in [0.15, 0.2) is 48.5 Å². The van der Waals surface area contributed by atoms with Crippen molar-refractivity contribution in [2.45, 2.75) is 33.4 Å². The molecule has 0 aliphatic heterocycles. The lowest BCUT2D eigenvalue weighted by molar-refractivity contribution is 0.0949. The highest BCUT2D eigenvalue weighted by molar-refractivity contribution is 5.94. The monoisotopic (exact) mass is 339 g/mol. The average Bonchev–Trinajstić information content (AvgIpc) is 2.96. The number of imidazole rings is 1. The number of aromatic nitrogens is 2. The second-order valence-electron chi connectivity index (χ2n) is 6.54. The Hall–Kier alpha value is -2.69. The fraction of sp³-hybridized carbons (Fsp3) is 0.300. The molecule has 0 spiro atoms. The molecular weight excluding hydrogens is 317 g/mol. The van der Waals surface area contributed by atoms with Crippen molar-refractivity contribution >= 4 is 16.9 Å². The van der Waals surface area contributed by atoms with Gasteiger partial charge in [0.15, 0.2) is 0 Å². The van der Waals surface area contributed by atoms with Crippen molar-refractivity contribution in [3.05, 3.63) is 65.7 Å². The van der Waals surface area contributed by atoms with E-state index in [4.69, 9.17) is 0 Å². The first-order valence-corrected chi connectivity index (χ1v) is 8.52. The Balaban J connectivity index is 1.79. The van der Waals surface area contributed by atoms with Crippen LogP contribution in [0.25, 0.3) is 11.0 Å². The Morgan fingerprint density at radius 1 is 1.16 bits per heavy atom. The zero-order chi connectivity index (χ0) is 17.8. The molecule has 1 amide bonds. The van der Waals surface area contributed by atoms with Gasteiger partial charge in [0, 0.05) is 12.1 Å². The number of hydrogen-bond acceptors (Lipinski definition) is 2. The fourth-order valence-corrected chi connectivity index (χ4v) is 2.76. The van der Waals surface area contributed by atoms with Gasteiger partial charge in [0.2, 0.25) is 0 Å².